The van der Waals surface area contributed by atoms with Gasteiger partial charge in [0.1, 0.15) is 5.82 Å². The highest BCUT2D eigenvalue weighted by molar-refractivity contribution is 7.22. The predicted octanol–water partition coefficient (Wildman–Crippen LogP) is 3.47. The standard InChI is InChI=1S/C16H17FN4S/c1-10-14-15(20(2)19-10)18-16(22-14)21-8-7-11(9-21)12-5-3-4-6-13(12)17/h3-6,11H,7-9H2,1-2H3/t11-/m1/s1. The highest BCUT2D eigenvalue weighted by Crippen LogP contribution is 2.36. The van der Waals surface area contributed by atoms with Crippen LogP contribution in [0.3, 0.4) is 0 Å². The molecule has 1 aromatic carbocycles. The van der Waals surface area contributed by atoms with Crippen molar-refractivity contribution in [1.82, 2.24) is 14.8 Å². The number of fused-ring (bicyclic) bond motifs is 1. The average Bonchev–Trinajstić information content (AvgIpc) is 3.18. The van der Waals surface area contributed by atoms with Gasteiger partial charge in [0.25, 0.3) is 0 Å². The van der Waals surface area contributed by atoms with Crippen LogP contribution in [0, 0.1) is 12.7 Å². The van der Waals surface area contributed by atoms with Crippen LogP contribution in [0.15, 0.2) is 24.3 Å². The molecule has 0 radical (unpaired) electrons. The van der Waals surface area contributed by atoms with Crippen LogP contribution in [-0.2, 0) is 7.05 Å². The molecule has 114 valence electrons. The first-order valence-corrected chi connectivity index (χ1v) is 8.24. The van der Waals surface area contributed by atoms with E-state index in [-0.39, 0.29) is 11.7 Å². The van der Waals surface area contributed by atoms with Gasteiger partial charge in [-0.25, -0.2) is 14.1 Å². The van der Waals surface area contributed by atoms with E-state index in [4.69, 9.17) is 4.98 Å². The minimum absolute atomic E-state index is 0.0984. The molecule has 0 bridgehead atoms. The van der Waals surface area contributed by atoms with Gasteiger partial charge in [-0.1, -0.05) is 29.5 Å². The summed E-state index contributed by atoms with van der Waals surface area (Å²) in [5.41, 5.74) is 2.78. The van der Waals surface area contributed by atoms with Gasteiger partial charge in [-0.05, 0) is 25.0 Å². The highest BCUT2D eigenvalue weighted by Gasteiger charge is 2.28. The van der Waals surface area contributed by atoms with Gasteiger partial charge in [0.05, 0.1) is 10.4 Å². The molecule has 0 spiro atoms. The normalized spacial score (nSPS) is 18.5. The number of hydrogen-bond acceptors (Lipinski definition) is 4. The Hall–Kier alpha value is -1.95. The maximum atomic E-state index is 14.0. The summed E-state index contributed by atoms with van der Waals surface area (Å²) in [6.45, 7) is 3.76. The van der Waals surface area contributed by atoms with E-state index < -0.39 is 0 Å². The lowest BCUT2D eigenvalue weighted by Gasteiger charge is -2.15. The molecule has 1 atom stereocenters. The van der Waals surface area contributed by atoms with E-state index in [1.165, 1.54) is 0 Å². The monoisotopic (exact) mass is 316 g/mol. The molecule has 1 aliphatic heterocycles. The minimum atomic E-state index is -0.0984. The number of halogens is 1. The molecule has 0 aliphatic carbocycles. The maximum absolute atomic E-state index is 14.0. The van der Waals surface area contributed by atoms with Gasteiger partial charge in [0.15, 0.2) is 10.8 Å². The first kappa shape index (κ1) is 13.7. The second-order valence-corrected chi connectivity index (χ2v) is 6.79. The Morgan fingerprint density at radius 2 is 2.14 bits per heavy atom. The first-order valence-electron chi connectivity index (χ1n) is 7.43. The molecule has 2 aromatic heterocycles. The molecule has 6 heteroatoms. The Kier molecular flexibility index (Phi) is 3.14. The summed E-state index contributed by atoms with van der Waals surface area (Å²) in [6, 6.07) is 7.10. The van der Waals surface area contributed by atoms with E-state index in [9.17, 15) is 4.39 Å². The third-order valence-electron chi connectivity index (χ3n) is 4.34. The van der Waals surface area contributed by atoms with Gasteiger partial charge < -0.3 is 4.90 Å². The number of aromatic nitrogens is 3. The van der Waals surface area contributed by atoms with Crippen molar-refractivity contribution in [3.8, 4) is 0 Å². The van der Waals surface area contributed by atoms with Crippen molar-refractivity contribution >= 4 is 26.8 Å². The quantitative estimate of drug-likeness (QED) is 0.726. The van der Waals surface area contributed by atoms with E-state index in [1.807, 2.05) is 30.8 Å². The summed E-state index contributed by atoms with van der Waals surface area (Å²) < 4.78 is 16.9. The van der Waals surface area contributed by atoms with Crippen LogP contribution in [-0.4, -0.2) is 27.9 Å². The van der Waals surface area contributed by atoms with Crippen molar-refractivity contribution in [1.29, 1.82) is 0 Å². The van der Waals surface area contributed by atoms with Crippen LogP contribution < -0.4 is 4.90 Å². The molecule has 1 fully saturated rings. The van der Waals surface area contributed by atoms with Crippen molar-refractivity contribution < 1.29 is 4.39 Å². The lowest BCUT2D eigenvalue weighted by atomic mass is 9.98. The summed E-state index contributed by atoms with van der Waals surface area (Å²) in [7, 11) is 1.92. The Balaban J connectivity index is 1.62. The molecule has 4 rings (SSSR count). The molecule has 0 N–H and O–H groups in total. The zero-order valence-corrected chi connectivity index (χ0v) is 13.4. The summed E-state index contributed by atoms with van der Waals surface area (Å²) in [5.74, 6) is 0.145. The van der Waals surface area contributed by atoms with Gasteiger partial charge in [0.2, 0.25) is 0 Å². The van der Waals surface area contributed by atoms with E-state index in [2.05, 4.69) is 10.00 Å². The summed E-state index contributed by atoms with van der Waals surface area (Å²) in [4.78, 5) is 6.98. The molecule has 0 saturated carbocycles. The molecule has 4 nitrogen and oxygen atoms in total. The molecule has 0 amide bonds. The molecule has 1 aliphatic rings. The lowest BCUT2D eigenvalue weighted by Crippen LogP contribution is -2.19. The minimum Gasteiger partial charge on any atom is -0.347 e. The number of thiazole rings is 1. The zero-order valence-electron chi connectivity index (χ0n) is 12.6. The lowest BCUT2D eigenvalue weighted by molar-refractivity contribution is 0.589. The van der Waals surface area contributed by atoms with Crippen molar-refractivity contribution in [2.24, 2.45) is 7.05 Å². The molecule has 0 unspecified atom stereocenters. The Bertz CT molecular complexity index is 803. The Labute approximate surface area is 132 Å². The van der Waals surface area contributed by atoms with E-state index in [0.717, 1.165) is 46.2 Å². The smallest absolute Gasteiger partial charge is 0.188 e. The molecule has 3 heterocycles. The zero-order chi connectivity index (χ0) is 15.3. The van der Waals surface area contributed by atoms with Crippen LogP contribution in [0.4, 0.5) is 9.52 Å². The molecular weight excluding hydrogens is 299 g/mol. The number of benzene rings is 1. The van der Waals surface area contributed by atoms with Crippen LogP contribution in [0.1, 0.15) is 23.6 Å². The number of aryl methyl sites for hydroxylation is 2. The summed E-state index contributed by atoms with van der Waals surface area (Å²) >= 11 is 1.68. The second-order valence-electron chi connectivity index (χ2n) is 5.81. The van der Waals surface area contributed by atoms with Gasteiger partial charge in [0, 0.05) is 26.1 Å². The van der Waals surface area contributed by atoms with Gasteiger partial charge >= 0.3 is 0 Å². The topological polar surface area (TPSA) is 34.0 Å². The fourth-order valence-corrected chi connectivity index (χ4v) is 4.27. The van der Waals surface area contributed by atoms with E-state index in [1.54, 1.807) is 23.5 Å². The highest BCUT2D eigenvalue weighted by atomic mass is 32.1. The average molecular weight is 316 g/mol. The van der Waals surface area contributed by atoms with Gasteiger partial charge in [-0.3, -0.25) is 0 Å². The van der Waals surface area contributed by atoms with Crippen LogP contribution in [0.5, 0.6) is 0 Å². The first-order chi connectivity index (χ1) is 10.6. The van der Waals surface area contributed by atoms with Crippen molar-refractivity contribution in [2.75, 3.05) is 18.0 Å². The molecule has 1 saturated heterocycles. The number of anilines is 1. The van der Waals surface area contributed by atoms with Crippen LogP contribution in [0.2, 0.25) is 0 Å². The van der Waals surface area contributed by atoms with Crippen molar-refractivity contribution in [2.45, 2.75) is 19.3 Å². The summed E-state index contributed by atoms with van der Waals surface area (Å²) in [5, 5.41) is 5.41. The van der Waals surface area contributed by atoms with E-state index >= 15 is 0 Å². The SMILES string of the molecule is Cc1nn(C)c2nc(N3CC[C@@H](c4ccccc4F)C3)sc12. The number of rotatable bonds is 2. The number of nitrogens with zero attached hydrogens (tertiary/aromatic N) is 4. The second kappa shape index (κ2) is 5.05. The number of hydrogen-bond donors (Lipinski definition) is 0. The Morgan fingerprint density at radius 1 is 1.32 bits per heavy atom. The largest absolute Gasteiger partial charge is 0.347 e. The van der Waals surface area contributed by atoms with Crippen molar-refractivity contribution in [3.05, 3.63) is 41.3 Å². The van der Waals surface area contributed by atoms with Crippen LogP contribution >= 0.6 is 11.3 Å². The van der Waals surface area contributed by atoms with Gasteiger partial charge in [-0.2, -0.15) is 5.10 Å². The molecule has 3 aromatic rings. The maximum Gasteiger partial charge on any atom is 0.188 e. The summed E-state index contributed by atoms with van der Waals surface area (Å²) in [6.07, 6.45) is 0.966. The van der Waals surface area contributed by atoms with E-state index in [0.29, 0.717) is 0 Å². The molecular formula is C16H17FN4S. The third kappa shape index (κ3) is 2.09. The van der Waals surface area contributed by atoms with Crippen LogP contribution in [0.25, 0.3) is 10.3 Å². The molecule has 22 heavy (non-hydrogen) atoms. The van der Waals surface area contributed by atoms with Gasteiger partial charge in [-0.15, -0.1) is 0 Å². The Morgan fingerprint density at radius 3 is 2.91 bits per heavy atom. The third-order valence-corrected chi connectivity index (χ3v) is 5.55. The fourth-order valence-electron chi connectivity index (χ4n) is 3.20. The predicted molar refractivity (Wildman–Crippen MR) is 87.1 cm³/mol. The fraction of sp³-hybridized carbons (Fsp3) is 0.375. The van der Waals surface area contributed by atoms with Crippen molar-refractivity contribution in [3.63, 3.8) is 0 Å².